The molecule has 1 atom stereocenters. The quantitative estimate of drug-likeness (QED) is 0.457. The zero-order valence-corrected chi connectivity index (χ0v) is 9.46. The number of hydrogen-bond donors (Lipinski definition) is 0. The molecule has 0 radical (unpaired) electrons. The average Bonchev–Trinajstić information content (AvgIpc) is 3.12. The Morgan fingerprint density at radius 3 is 2.47 bits per heavy atom. The van der Waals surface area contributed by atoms with Crippen LogP contribution in [-0.4, -0.2) is 17.0 Å². The van der Waals surface area contributed by atoms with Crippen LogP contribution in [-0.2, 0) is 4.74 Å². The minimum atomic E-state index is -0.498. The molecule has 1 saturated carbocycles. The molecule has 0 saturated heterocycles. The van der Waals surface area contributed by atoms with E-state index in [2.05, 4.69) is 0 Å². The smallest absolute Gasteiger partial charge is 0.338 e. The zero-order chi connectivity index (χ0) is 12.4. The highest BCUT2D eigenvalue weighted by atomic mass is 16.6. The molecule has 1 fully saturated rings. The molecule has 5 heteroatoms. The van der Waals surface area contributed by atoms with E-state index in [1.54, 1.807) is 0 Å². The van der Waals surface area contributed by atoms with Crippen molar-refractivity contribution in [1.29, 1.82) is 0 Å². The molecule has 0 amide bonds. The largest absolute Gasteiger partial charge is 0.459 e. The van der Waals surface area contributed by atoms with Crippen molar-refractivity contribution in [2.75, 3.05) is 0 Å². The number of carbonyl (C=O) groups excluding carboxylic acids is 1. The molecule has 1 aromatic rings. The molecular formula is C12H13NO4. The number of hydrogen-bond acceptors (Lipinski definition) is 4. The van der Waals surface area contributed by atoms with Gasteiger partial charge in [-0.3, -0.25) is 10.1 Å². The van der Waals surface area contributed by atoms with Gasteiger partial charge in [-0.1, -0.05) is 0 Å². The highest BCUT2D eigenvalue weighted by Crippen LogP contribution is 2.34. The summed E-state index contributed by atoms with van der Waals surface area (Å²) in [5.41, 5.74) is 0.319. The van der Waals surface area contributed by atoms with Crippen molar-refractivity contribution in [2.45, 2.75) is 25.9 Å². The number of non-ortho nitro benzene ring substituents is 1. The maximum atomic E-state index is 11.7. The van der Waals surface area contributed by atoms with E-state index in [-0.39, 0.29) is 11.8 Å². The van der Waals surface area contributed by atoms with Crippen LogP contribution < -0.4 is 0 Å². The van der Waals surface area contributed by atoms with Gasteiger partial charge in [0.15, 0.2) is 0 Å². The van der Waals surface area contributed by atoms with E-state index in [0.29, 0.717) is 11.5 Å². The summed E-state index contributed by atoms with van der Waals surface area (Å²) in [6.07, 6.45) is 2.14. The molecular weight excluding hydrogens is 222 g/mol. The Kier molecular flexibility index (Phi) is 3.08. The van der Waals surface area contributed by atoms with Crippen molar-refractivity contribution >= 4 is 11.7 Å². The van der Waals surface area contributed by atoms with Crippen molar-refractivity contribution in [3.8, 4) is 0 Å². The fraction of sp³-hybridized carbons (Fsp3) is 0.417. The minimum absolute atomic E-state index is 0.0307. The van der Waals surface area contributed by atoms with Crippen LogP contribution in [0.2, 0.25) is 0 Å². The Hall–Kier alpha value is -1.91. The summed E-state index contributed by atoms with van der Waals surface area (Å²) in [6, 6.07) is 5.44. The Bertz CT molecular complexity index is 436. The van der Waals surface area contributed by atoms with Gasteiger partial charge in [-0.2, -0.15) is 0 Å². The molecule has 5 nitrogen and oxygen atoms in total. The third-order valence-electron chi connectivity index (χ3n) is 2.89. The lowest BCUT2D eigenvalue weighted by atomic mass is 10.2. The van der Waals surface area contributed by atoms with Gasteiger partial charge in [-0.05, 0) is 37.8 Å². The monoisotopic (exact) mass is 235 g/mol. The Labute approximate surface area is 98.5 Å². The lowest BCUT2D eigenvalue weighted by molar-refractivity contribution is -0.384. The number of nitro benzene ring substituents is 1. The number of ether oxygens (including phenoxy) is 1. The van der Waals surface area contributed by atoms with Gasteiger partial charge in [-0.25, -0.2) is 4.79 Å². The van der Waals surface area contributed by atoms with E-state index in [1.807, 2.05) is 6.92 Å². The molecule has 0 aliphatic heterocycles. The van der Waals surface area contributed by atoms with E-state index in [0.717, 1.165) is 12.8 Å². The Morgan fingerprint density at radius 1 is 1.41 bits per heavy atom. The number of nitrogens with zero attached hydrogens (tertiary/aromatic N) is 1. The molecule has 0 spiro atoms. The Morgan fingerprint density at radius 2 is 2.00 bits per heavy atom. The predicted octanol–water partition coefficient (Wildman–Crippen LogP) is 2.55. The third-order valence-corrected chi connectivity index (χ3v) is 2.89. The number of benzene rings is 1. The number of esters is 1. The van der Waals surface area contributed by atoms with E-state index >= 15 is 0 Å². The van der Waals surface area contributed by atoms with Gasteiger partial charge in [0.2, 0.25) is 0 Å². The molecule has 1 unspecified atom stereocenters. The zero-order valence-electron chi connectivity index (χ0n) is 9.46. The van der Waals surface area contributed by atoms with Crippen LogP contribution in [0.25, 0.3) is 0 Å². The average molecular weight is 235 g/mol. The fourth-order valence-corrected chi connectivity index (χ4v) is 1.62. The molecule has 0 bridgehead atoms. The predicted molar refractivity (Wildman–Crippen MR) is 60.7 cm³/mol. The summed E-state index contributed by atoms with van der Waals surface area (Å²) < 4.78 is 5.25. The summed E-state index contributed by atoms with van der Waals surface area (Å²) >= 11 is 0. The maximum absolute atomic E-state index is 11.7. The molecule has 90 valence electrons. The molecule has 0 heterocycles. The van der Waals surface area contributed by atoms with Gasteiger partial charge in [0.25, 0.3) is 5.69 Å². The van der Waals surface area contributed by atoms with Crippen LogP contribution in [0.4, 0.5) is 5.69 Å². The van der Waals surface area contributed by atoms with E-state index in [1.165, 1.54) is 24.3 Å². The van der Waals surface area contributed by atoms with Gasteiger partial charge < -0.3 is 4.74 Å². The van der Waals surface area contributed by atoms with Crippen LogP contribution in [0, 0.1) is 16.0 Å². The van der Waals surface area contributed by atoms with Gasteiger partial charge in [0.05, 0.1) is 10.5 Å². The summed E-state index contributed by atoms with van der Waals surface area (Å²) in [4.78, 5) is 21.6. The standard InChI is InChI=1S/C12H13NO4/c1-8(9-2-3-9)17-12(14)10-4-6-11(7-5-10)13(15)16/h4-9H,2-3H2,1H3. The maximum Gasteiger partial charge on any atom is 0.338 e. The van der Waals surface area contributed by atoms with Crippen molar-refractivity contribution in [3.63, 3.8) is 0 Å². The lowest BCUT2D eigenvalue weighted by Gasteiger charge is -2.11. The highest BCUT2D eigenvalue weighted by Gasteiger charge is 2.30. The molecule has 1 aliphatic rings. The third kappa shape index (κ3) is 2.81. The normalized spacial score (nSPS) is 16.3. The SMILES string of the molecule is CC(OC(=O)c1ccc([N+](=O)[O-])cc1)C1CC1. The number of rotatable bonds is 4. The van der Waals surface area contributed by atoms with Crippen molar-refractivity contribution in [2.24, 2.45) is 5.92 Å². The van der Waals surface area contributed by atoms with Crippen LogP contribution in [0.5, 0.6) is 0 Å². The second-order valence-electron chi connectivity index (χ2n) is 4.25. The molecule has 17 heavy (non-hydrogen) atoms. The molecule has 0 N–H and O–H groups in total. The highest BCUT2D eigenvalue weighted by molar-refractivity contribution is 5.89. The summed E-state index contributed by atoms with van der Waals surface area (Å²) in [6.45, 7) is 1.88. The topological polar surface area (TPSA) is 69.4 Å². The first-order chi connectivity index (χ1) is 8.08. The molecule has 1 aliphatic carbocycles. The summed E-state index contributed by atoms with van der Waals surface area (Å²) in [5, 5.41) is 10.4. The van der Waals surface area contributed by atoms with Crippen LogP contribution in [0.1, 0.15) is 30.1 Å². The fourth-order valence-electron chi connectivity index (χ4n) is 1.62. The van der Waals surface area contributed by atoms with Crippen molar-refractivity contribution < 1.29 is 14.5 Å². The van der Waals surface area contributed by atoms with E-state index in [9.17, 15) is 14.9 Å². The molecule has 2 rings (SSSR count). The van der Waals surface area contributed by atoms with Gasteiger partial charge >= 0.3 is 5.97 Å². The number of carbonyl (C=O) groups is 1. The first-order valence-corrected chi connectivity index (χ1v) is 5.53. The lowest BCUT2D eigenvalue weighted by Crippen LogP contribution is -2.16. The Balaban J connectivity index is 2.00. The first kappa shape index (κ1) is 11.6. The van der Waals surface area contributed by atoms with Crippen LogP contribution in [0.15, 0.2) is 24.3 Å². The van der Waals surface area contributed by atoms with Gasteiger partial charge in [-0.15, -0.1) is 0 Å². The van der Waals surface area contributed by atoms with Crippen LogP contribution in [0.3, 0.4) is 0 Å². The van der Waals surface area contributed by atoms with Gasteiger partial charge in [0.1, 0.15) is 6.10 Å². The van der Waals surface area contributed by atoms with Gasteiger partial charge in [0, 0.05) is 12.1 Å². The summed E-state index contributed by atoms with van der Waals surface area (Å²) in [5.74, 6) is 0.0660. The van der Waals surface area contributed by atoms with Crippen molar-refractivity contribution in [3.05, 3.63) is 39.9 Å². The molecule has 1 aromatic carbocycles. The van der Waals surface area contributed by atoms with E-state index < -0.39 is 10.9 Å². The summed E-state index contributed by atoms with van der Waals surface area (Å²) in [7, 11) is 0. The second kappa shape index (κ2) is 4.53. The first-order valence-electron chi connectivity index (χ1n) is 5.53. The van der Waals surface area contributed by atoms with E-state index in [4.69, 9.17) is 4.74 Å². The number of nitro groups is 1. The van der Waals surface area contributed by atoms with Crippen LogP contribution >= 0.6 is 0 Å². The van der Waals surface area contributed by atoms with Crippen molar-refractivity contribution in [1.82, 2.24) is 0 Å². The second-order valence-corrected chi connectivity index (χ2v) is 4.25. The molecule has 0 aromatic heterocycles. The minimum Gasteiger partial charge on any atom is -0.459 e.